The van der Waals surface area contributed by atoms with Crippen molar-refractivity contribution in [1.82, 2.24) is 20.4 Å². The zero-order chi connectivity index (χ0) is 10.8. The third kappa shape index (κ3) is 2.10. The van der Waals surface area contributed by atoms with Crippen LogP contribution in [0.2, 0.25) is 0 Å². The first-order valence-electron chi connectivity index (χ1n) is 6.17. The lowest BCUT2D eigenvalue weighted by atomic mass is 9.85. The van der Waals surface area contributed by atoms with Crippen molar-refractivity contribution in [1.29, 1.82) is 0 Å². The van der Waals surface area contributed by atoms with Crippen LogP contribution in [-0.4, -0.2) is 41.2 Å². The van der Waals surface area contributed by atoms with E-state index in [1.54, 1.807) is 0 Å². The third-order valence-electron chi connectivity index (χ3n) is 3.51. The van der Waals surface area contributed by atoms with Crippen molar-refractivity contribution in [2.24, 2.45) is 0 Å². The molecule has 5 nitrogen and oxygen atoms in total. The molecule has 2 aliphatic rings. The van der Waals surface area contributed by atoms with Crippen LogP contribution in [0.15, 0.2) is 4.52 Å². The van der Waals surface area contributed by atoms with E-state index in [4.69, 9.17) is 4.52 Å². The van der Waals surface area contributed by atoms with Gasteiger partial charge in [0.05, 0.1) is 6.54 Å². The zero-order valence-electron chi connectivity index (χ0n) is 9.48. The van der Waals surface area contributed by atoms with E-state index in [1.165, 1.54) is 19.3 Å². The predicted octanol–water partition coefficient (Wildman–Crippen LogP) is 0.742. The minimum atomic E-state index is 0.546. The van der Waals surface area contributed by atoms with E-state index in [2.05, 4.69) is 20.4 Å². The monoisotopic (exact) mass is 222 g/mol. The molecule has 1 aliphatic carbocycles. The van der Waals surface area contributed by atoms with Crippen LogP contribution in [0.3, 0.4) is 0 Å². The molecule has 0 atom stereocenters. The second kappa shape index (κ2) is 4.51. The molecule has 1 saturated heterocycles. The van der Waals surface area contributed by atoms with Gasteiger partial charge in [0, 0.05) is 32.1 Å². The van der Waals surface area contributed by atoms with Crippen molar-refractivity contribution in [3.63, 3.8) is 0 Å². The molecule has 1 aliphatic heterocycles. The summed E-state index contributed by atoms with van der Waals surface area (Å²) in [5.41, 5.74) is 0. The van der Waals surface area contributed by atoms with Gasteiger partial charge in [0.15, 0.2) is 5.82 Å². The van der Waals surface area contributed by atoms with Gasteiger partial charge >= 0.3 is 0 Å². The molecule has 88 valence electrons. The lowest BCUT2D eigenvalue weighted by Gasteiger charge is -2.25. The van der Waals surface area contributed by atoms with E-state index >= 15 is 0 Å². The smallest absolute Gasteiger partial charge is 0.229 e. The van der Waals surface area contributed by atoms with Gasteiger partial charge in [0.2, 0.25) is 5.89 Å². The standard InChI is InChI=1S/C11H18N4O/c1-2-9(3-1)11-13-10(14-16-11)8-15-6-4-12-5-7-15/h9,12H,1-8H2. The number of rotatable bonds is 3. The molecule has 2 fully saturated rings. The Bertz CT molecular complexity index is 342. The maximum Gasteiger partial charge on any atom is 0.229 e. The molecule has 0 aromatic carbocycles. The second-order valence-electron chi connectivity index (χ2n) is 4.70. The predicted molar refractivity (Wildman–Crippen MR) is 59.0 cm³/mol. The molecule has 5 heteroatoms. The van der Waals surface area contributed by atoms with Gasteiger partial charge in [-0.2, -0.15) is 4.98 Å². The number of piperazine rings is 1. The van der Waals surface area contributed by atoms with Crippen LogP contribution in [0.25, 0.3) is 0 Å². The van der Waals surface area contributed by atoms with Gasteiger partial charge in [-0.3, -0.25) is 4.90 Å². The molecule has 1 aromatic rings. The highest BCUT2D eigenvalue weighted by Gasteiger charge is 2.25. The van der Waals surface area contributed by atoms with E-state index in [1.807, 2.05) is 0 Å². The Morgan fingerprint density at radius 3 is 2.81 bits per heavy atom. The summed E-state index contributed by atoms with van der Waals surface area (Å²) < 4.78 is 5.31. The average molecular weight is 222 g/mol. The summed E-state index contributed by atoms with van der Waals surface area (Å²) in [6, 6.07) is 0. The first kappa shape index (κ1) is 10.2. The van der Waals surface area contributed by atoms with Crippen molar-refractivity contribution in [2.45, 2.75) is 31.7 Å². The summed E-state index contributed by atoms with van der Waals surface area (Å²) in [5.74, 6) is 2.25. The molecule has 0 spiro atoms. The Balaban J connectivity index is 1.58. The Morgan fingerprint density at radius 2 is 2.12 bits per heavy atom. The maximum atomic E-state index is 5.31. The molecule has 2 heterocycles. The summed E-state index contributed by atoms with van der Waals surface area (Å²) in [5, 5.41) is 7.40. The Labute approximate surface area is 95.2 Å². The van der Waals surface area contributed by atoms with Crippen molar-refractivity contribution in [3.8, 4) is 0 Å². The summed E-state index contributed by atoms with van der Waals surface area (Å²) in [6.07, 6.45) is 3.74. The highest BCUT2D eigenvalue weighted by Crippen LogP contribution is 2.35. The summed E-state index contributed by atoms with van der Waals surface area (Å²) in [6.45, 7) is 5.11. The van der Waals surface area contributed by atoms with Crippen molar-refractivity contribution in [3.05, 3.63) is 11.7 Å². The van der Waals surface area contributed by atoms with E-state index in [-0.39, 0.29) is 0 Å². The Hall–Kier alpha value is -0.940. The zero-order valence-corrected chi connectivity index (χ0v) is 9.48. The number of hydrogen-bond donors (Lipinski definition) is 1. The number of aromatic nitrogens is 2. The van der Waals surface area contributed by atoms with E-state index in [0.717, 1.165) is 44.4 Å². The minimum Gasteiger partial charge on any atom is -0.339 e. The summed E-state index contributed by atoms with van der Waals surface area (Å²) >= 11 is 0. The van der Waals surface area contributed by atoms with Gasteiger partial charge in [-0.1, -0.05) is 11.6 Å². The fourth-order valence-electron chi connectivity index (χ4n) is 2.22. The van der Waals surface area contributed by atoms with Gasteiger partial charge in [0.1, 0.15) is 0 Å². The van der Waals surface area contributed by atoms with Crippen molar-refractivity contribution in [2.75, 3.05) is 26.2 Å². The van der Waals surface area contributed by atoms with Crippen LogP contribution in [0, 0.1) is 0 Å². The Kier molecular flexibility index (Phi) is 2.88. The van der Waals surface area contributed by atoms with Gasteiger partial charge in [-0.25, -0.2) is 0 Å². The maximum absolute atomic E-state index is 5.31. The first-order valence-corrected chi connectivity index (χ1v) is 6.17. The molecule has 0 amide bonds. The van der Waals surface area contributed by atoms with Gasteiger partial charge in [-0.15, -0.1) is 0 Å². The third-order valence-corrected chi connectivity index (χ3v) is 3.51. The number of hydrogen-bond acceptors (Lipinski definition) is 5. The molecule has 0 unspecified atom stereocenters. The quantitative estimate of drug-likeness (QED) is 0.817. The van der Waals surface area contributed by atoms with Crippen LogP contribution in [-0.2, 0) is 6.54 Å². The van der Waals surface area contributed by atoms with Gasteiger partial charge in [0.25, 0.3) is 0 Å². The summed E-state index contributed by atoms with van der Waals surface area (Å²) in [4.78, 5) is 6.85. The lowest BCUT2D eigenvalue weighted by Crippen LogP contribution is -2.43. The van der Waals surface area contributed by atoms with Crippen LogP contribution >= 0.6 is 0 Å². The lowest BCUT2D eigenvalue weighted by molar-refractivity contribution is 0.224. The largest absolute Gasteiger partial charge is 0.339 e. The Morgan fingerprint density at radius 1 is 1.31 bits per heavy atom. The highest BCUT2D eigenvalue weighted by atomic mass is 16.5. The highest BCUT2D eigenvalue weighted by molar-refractivity contribution is 4.98. The van der Waals surface area contributed by atoms with Crippen molar-refractivity contribution >= 4 is 0 Å². The number of nitrogens with zero attached hydrogens (tertiary/aromatic N) is 3. The molecule has 1 N–H and O–H groups in total. The first-order chi connectivity index (χ1) is 7.92. The fourth-order valence-corrected chi connectivity index (χ4v) is 2.22. The van der Waals surface area contributed by atoms with E-state index in [0.29, 0.717) is 5.92 Å². The molecular weight excluding hydrogens is 204 g/mol. The SMILES string of the molecule is C1CC(c2nc(CN3CCNCC3)no2)C1. The topological polar surface area (TPSA) is 54.2 Å². The molecule has 1 saturated carbocycles. The molecular formula is C11H18N4O. The minimum absolute atomic E-state index is 0.546. The molecule has 16 heavy (non-hydrogen) atoms. The van der Waals surface area contributed by atoms with Gasteiger partial charge < -0.3 is 9.84 Å². The van der Waals surface area contributed by atoms with Crippen molar-refractivity contribution < 1.29 is 4.52 Å². The number of nitrogens with one attached hydrogen (secondary N) is 1. The molecule has 0 radical (unpaired) electrons. The van der Waals surface area contributed by atoms with Crippen LogP contribution in [0.5, 0.6) is 0 Å². The van der Waals surface area contributed by atoms with Gasteiger partial charge in [-0.05, 0) is 12.8 Å². The van der Waals surface area contributed by atoms with Crippen LogP contribution in [0.1, 0.15) is 36.9 Å². The normalized spacial score (nSPS) is 23.2. The molecule has 1 aromatic heterocycles. The second-order valence-corrected chi connectivity index (χ2v) is 4.70. The average Bonchev–Trinajstić information content (AvgIpc) is 2.65. The van der Waals surface area contributed by atoms with Crippen LogP contribution in [0.4, 0.5) is 0 Å². The summed E-state index contributed by atoms with van der Waals surface area (Å²) in [7, 11) is 0. The van der Waals surface area contributed by atoms with E-state index in [9.17, 15) is 0 Å². The van der Waals surface area contributed by atoms with Crippen LogP contribution < -0.4 is 5.32 Å². The molecule has 3 rings (SSSR count). The fraction of sp³-hybridized carbons (Fsp3) is 0.818. The molecule has 0 bridgehead atoms. The van der Waals surface area contributed by atoms with E-state index < -0.39 is 0 Å².